The van der Waals surface area contributed by atoms with Crippen LogP contribution in [-0.2, 0) is 0 Å². The van der Waals surface area contributed by atoms with Crippen LogP contribution < -0.4 is 5.32 Å². The molecule has 0 radical (unpaired) electrons. The van der Waals surface area contributed by atoms with Gasteiger partial charge in [0.25, 0.3) is 0 Å². The van der Waals surface area contributed by atoms with Gasteiger partial charge in [0.2, 0.25) is 0 Å². The zero-order chi connectivity index (χ0) is 13.8. The van der Waals surface area contributed by atoms with Gasteiger partial charge in [-0.1, -0.05) is 67.9 Å². The Hall–Kier alpha value is -1.60. The van der Waals surface area contributed by atoms with Crippen LogP contribution in [0.1, 0.15) is 37.8 Å². The van der Waals surface area contributed by atoms with E-state index in [0.717, 1.165) is 12.5 Å². The molecule has 1 fully saturated rings. The maximum Gasteiger partial charge on any atom is 0.0348 e. The normalized spacial score (nSPS) is 16.6. The summed E-state index contributed by atoms with van der Waals surface area (Å²) in [5, 5.41) is 3.66. The summed E-state index contributed by atoms with van der Waals surface area (Å²) < 4.78 is 0. The summed E-state index contributed by atoms with van der Waals surface area (Å²) in [4.78, 5) is 0. The minimum Gasteiger partial charge on any atom is -0.310 e. The van der Waals surface area contributed by atoms with Crippen molar-refractivity contribution >= 4 is 0 Å². The fourth-order valence-electron chi connectivity index (χ4n) is 3.06. The zero-order valence-corrected chi connectivity index (χ0v) is 12.2. The molecular formula is C19H23N. The van der Waals surface area contributed by atoms with Gasteiger partial charge in [0, 0.05) is 6.04 Å². The molecule has 1 saturated carbocycles. The largest absolute Gasteiger partial charge is 0.310 e. The van der Waals surface area contributed by atoms with Crippen LogP contribution in [0.4, 0.5) is 0 Å². The predicted octanol–water partition coefficient (Wildman–Crippen LogP) is 4.80. The molecule has 1 heteroatoms. The molecule has 104 valence electrons. The van der Waals surface area contributed by atoms with Crippen molar-refractivity contribution in [3.8, 4) is 11.1 Å². The van der Waals surface area contributed by atoms with Gasteiger partial charge >= 0.3 is 0 Å². The van der Waals surface area contributed by atoms with Gasteiger partial charge in [-0.15, -0.1) is 0 Å². The fourth-order valence-corrected chi connectivity index (χ4v) is 3.06. The number of hydrogen-bond acceptors (Lipinski definition) is 1. The summed E-state index contributed by atoms with van der Waals surface area (Å²) in [7, 11) is 0. The lowest BCUT2D eigenvalue weighted by molar-refractivity contribution is 0.233. The summed E-state index contributed by atoms with van der Waals surface area (Å²) in [6, 6.07) is 20.3. The summed E-state index contributed by atoms with van der Waals surface area (Å²) in [6.45, 7) is 3.24. The fraction of sp³-hybridized carbons (Fsp3) is 0.368. The van der Waals surface area contributed by atoms with Gasteiger partial charge in [0.05, 0.1) is 0 Å². The van der Waals surface area contributed by atoms with E-state index >= 15 is 0 Å². The Balaban J connectivity index is 1.80. The molecule has 2 aromatic carbocycles. The Morgan fingerprint density at radius 3 is 2.15 bits per heavy atom. The molecule has 1 N–H and O–H groups in total. The highest BCUT2D eigenvalue weighted by Crippen LogP contribution is 2.38. The SMILES string of the molecule is CCNC(c1ccc(-c2ccccc2)cc1)C1CCC1. The highest BCUT2D eigenvalue weighted by molar-refractivity contribution is 5.63. The van der Waals surface area contributed by atoms with Crippen molar-refractivity contribution in [3.63, 3.8) is 0 Å². The average Bonchev–Trinajstić information content (AvgIpc) is 2.46. The molecular weight excluding hydrogens is 242 g/mol. The van der Waals surface area contributed by atoms with E-state index in [1.807, 2.05) is 0 Å². The maximum atomic E-state index is 3.66. The third-order valence-corrected chi connectivity index (χ3v) is 4.42. The predicted molar refractivity (Wildman–Crippen MR) is 85.6 cm³/mol. The van der Waals surface area contributed by atoms with Crippen LogP contribution in [0, 0.1) is 5.92 Å². The maximum absolute atomic E-state index is 3.66. The van der Waals surface area contributed by atoms with Crippen molar-refractivity contribution in [2.24, 2.45) is 5.92 Å². The van der Waals surface area contributed by atoms with Crippen LogP contribution in [-0.4, -0.2) is 6.54 Å². The molecule has 0 amide bonds. The summed E-state index contributed by atoms with van der Waals surface area (Å²) in [5.74, 6) is 0.831. The van der Waals surface area contributed by atoms with E-state index in [0.29, 0.717) is 6.04 Å². The zero-order valence-electron chi connectivity index (χ0n) is 12.2. The minimum atomic E-state index is 0.540. The Kier molecular flexibility index (Phi) is 4.17. The third-order valence-electron chi connectivity index (χ3n) is 4.42. The molecule has 0 spiro atoms. The summed E-state index contributed by atoms with van der Waals surface area (Å²) in [5.41, 5.74) is 4.04. The molecule has 0 aromatic heterocycles. The molecule has 0 saturated heterocycles. The molecule has 20 heavy (non-hydrogen) atoms. The minimum absolute atomic E-state index is 0.540. The van der Waals surface area contributed by atoms with Crippen molar-refractivity contribution in [1.29, 1.82) is 0 Å². The molecule has 2 aromatic rings. The molecule has 3 rings (SSSR count). The van der Waals surface area contributed by atoms with Crippen molar-refractivity contribution in [2.45, 2.75) is 32.2 Å². The van der Waals surface area contributed by atoms with Crippen LogP contribution in [0.5, 0.6) is 0 Å². The Bertz CT molecular complexity index is 525. The van der Waals surface area contributed by atoms with E-state index in [4.69, 9.17) is 0 Å². The molecule has 0 heterocycles. The van der Waals surface area contributed by atoms with Crippen LogP contribution in [0.25, 0.3) is 11.1 Å². The van der Waals surface area contributed by atoms with Gasteiger partial charge in [-0.05, 0) is 42.0 Å². The number of benzene rings is 2. The van der Waals surface area contributed by atoms with Gasteiger partial charge < -0.3 is 5.32 Å². The smallest absolute Gasteiger partial charge is 0.0348 e. The van der Waals surface area contributed by atoms with E-state index in [1.165, 1.54) is 36.0 Å². The lowest BCUT2D eigenvalue weighted by atomic mass is 9.77. The third kappa shape index (κ3) is 2.78. The summed E-state index contributed by atoms with van der Waals surface area (Å²) in [6.07, 6.45) is 4.14. The second-order valence-corrected chi connectivity index (χ2v) is 5.71. The van der Waals surface area contributed by atoms with E-state index in [9.17, 15) is 0 Å². The second-order valence-electron chi connectivity index (χ2n) is 5.71. The van der Waals surface area contributed by atoms with Crippen LogP contribution in [0.3, 0.4) is 0 Å². The molecule has 1 unspecified atom stereocenters. The topological polar surface area (TPSA) is 12.0 Å². The highest BCUT2D eigenvalue weighted by atomic mass is 14.9. The standard InChI is InChI=1S/C19H23N/c1-2-20-19(17-9-6-10-17)18-13-11-16(12-14-18)15-7-4-3-5-8-15/h3-5,7-8,11-14,17,19-20H,2,6,9-10H2,1H3. The first-order chi connectivity index (χ1) is 9.88. The molecule has 1 atom stereocenters. The van der Waals surface area contributed by atoms with Crippen molar-refractivity contribution in [3.05, 3.63) is 60.2 Å². The first-order valence-electron chi connectivity index (χ1n) is 7.77. The molecule has 1 nitrogen and oxygen atoms in total. The van der Waals surface area contributed by atoms with Crippen molar-refractivity contribution in [1.82, 2.24) is 5.32 Å². The Morgan fingerprint density at radius 2 is 1.60 bits per heavy atom. The van der Waals surface area contributed by atoms with E-state index in [2.05, 4.69) is 66.8 Å². The van der Waals surface area contributed by atoms with Crippen LogP contribution in [0.2, 0.25) is 0 Å². The number of nitrogens with one attached hydrogen (secondary N) is 1. The number of rotatable bonds is 5. The van der Waals surface area contributed by atoms with Crippen LogP contribution in [0.15, 0.2) is 54.6 Å². The summed E-state index contributed by atoms with van der Waals surface area (Å²) >= 11 is 0. The van der Waals surface area contributed by atoms with Gasteiger partial charge in [0.15, 0.2) is 0 Å². The lowest BCUT2D eigenvalue weighted by Gasteiger charge is -2.34. The highest BCUT2D eigenvalue weighted by Gasteiger charge is 2.27. The quantitative estimate of drug-likeness (QED) is 0.818. The monoisotopic (exact) mass is 265 g/mol. The molecule has 0 bridgehead atoms. The lowest BCUT2D eigenvalue weighted by Crippen LogP contribution is -2.32. The van der Waals surface area contributed by atoms with Gasteiger partial charge in [-0.25, -0.2) is 0 Å². The van der Waals surface area contributed by atoms with Crippen molar-refractivity contribution < 1.29 is 0 Å². The Morgan fingerprint density at radius 1 is 0.950 bits per heavy atom. The van der Waals surface area contributed by atoms with E-state index in [-0.39, 0.29) is 0 Å². The second kappa shape index (κ2) is 6.23. The average molecular weight is 265 g/mol. The van der Waals surface area contributed by atoms with E-state index < -0.39 is 0 Å². The van der Waals surface area contributed by atoms with Crippen LogP contribution >= 0.6 is 0 Å². The van der Waals surface area contributed by atoms with Gasteiger partial charge in [0.1, 0.15) is 0 Å². The number of hydrogen-bond donors (Lipinski definition) is 1. The van der Waals surface area contributed by atoms with Crippen molar-refractivity contribution in [2.75, 3.05) is 6.54 Å². The molecule has 0 aliphatic heterocycles. The molecule has 1 aliphatic rings. The van der Waals surface area contributed by atoms with E-state index in [1.54, 1.807) is 0 Å². The molecule has 1 aliphatic carbocycles. The first-order valence-corrected chi connectivity index (χ1v) is 7.77. The first kappa shape index (κ1) is 13.4. The van der Waals surface area contributed by atoms with Gasteiger partial charge in [-0.2, -0.15) is 0 Å². The Labute approximate surface area is 122 Å². The van der Waals surface area contributed by atoms with Gasteiger partial charge in [-0.3, -0.25) is 0 Å².